The highest BCUT2D eigenvalue weighted by Gasteiger charge is 2.28. The van der Waals surface area contributed by atoms with Crippen molar-refractivity contribution in [2.24, 2.45) is 0 Å². The average Bonchev–Trinajstić information content (AvgIpc) is 2.35. The van der Waals surface area contributed by atoms with Crippen LogP contribution in [0.3, 0.4) is 0 Å². The van der Waals surface area contributed by atoms with E-state index in [0.29, 0.717) is 10.6 Å². The Morgan fingerprint density at radius 2 is 1.71 bits per heavy atom. The second kappa shape index (κ2) is 4.75. The van der Waals surface area contributed by atoms with Gasteiger partial charge in [-0.25, -0.2) is 0 Å². The molecule has 0 atom stereocenters. The van der Waals surface area contributed by atoms with E-state index in [9.17, 15) is 14.4 Å². The van der Waals surface area contributed by atoms with E-state index in [1.165, 1.54) is 0 Å². The van der Waals surface area contributed by atoms with Crippen LogP contribution in [0.5, 0.6) is 0 Å². The molecule has 1 heterocycles. The van der Waals surface area contributed by atoms with Gasteiger partial charge in [-0.2, -0.15) is 5.01 Å². The maximum absolute atomic E-state index is 11.7. The molecular weight excluding hydrogens is 224 g/mol. The SMILES string of the molecule is O=C(NN1C(=O)COCC1=O)c1ccccc1. The van der Waals surface area contributed by atoms with Crippen LogP contribution in [0.1, 0.15) is 10.4 Å². The molecule has 1 aromatic carbocycles. The van der Waals surface area contributed by atoms with Crippen LogP contribution < -0.4 is 5.43 Å². The quantitative estimate of drug-likeness (QED) is 0.714. The molecule has 0 aromatic heterocycles. The van der Waals surface area contributed by atoms with Crippen molar-refractivity contribution in [3.63, 3.8) is 0 Å². The van der Waals surface area contributed by atoms with E-state index in [4.69, 9.17) is 4.74 Å². The summed E-state index contributed by atoms with van der Waals surface area (Å²) in [4.78, 5) is 34.4. The van der Waals surface area contributed by atoms with Crippen molar-refractivity contribution in [3.05, 3.63) is 35.9 Å². The third-order valence-corrected chi connectivity index (χ3v) is 2.20. The highest BCUT2D eigenvalue weighted by Crippen LogP contribution is 2.01. The summed E-state index contributed by atoms with van der Waals surface area (Å²) in [6.45, 7) is -0.415. The van der Waals surface area contributed by atoms with E-state index < -0.39 is 17.7 Å². The lowest BCUT2D eigenvalue weighted by Gasteiger charge is -2.24. The van der Waals surface area contributed by atoms with Gasteiger partial charge in [0.05, 0.1) is 0 Å². The molecule has 3 amide bonds. The molecule has 2 rings (SSSR count). The van der Waals surface area contributed by atoms with E-state index >= 15 is 0 Å². The van der Waals surface area contributed by atoms with Crippen LogP contribution in [0.2, 0.25) is 0 Å². The minimum atomic E-state index is -0.578. The number of imide groups is 1. The van der Waals surface area contributed by atoms with Gasteiger partial charge < -0.3 is 4.74 Å². The fourth-order valence-corrected chi connectivity index (χ4v) is 1.37. The number of hydrazine groups is 1. The molecule has 0 saturated carbocycles. The van der Waals surface area contributed by atoms with E-state index in [1.54, 1.807) is 30.3 Å². The number of ether oxygens (including phenoxy) is 1. The zero-order valence-electron chi connectivity index (χ0n) is 8.88. The van der Waals surface area contributed by atoms with Crippen LogP contribution in [0.15, 0.2) is 30.3 Å². The number of nitrogens with zero attached hydrogens (tertiary/aromatic N) is 1. The summed E-state index contributed by atoms with van der Waals surface area (Å²) in [6, 6.07) is 8.33. The minimum absolute atomic E-state index is 0.208. The van der Waals surface area contributed by atoms with Gasteiger partial charge in [-0.15, -0.1) is 0 Å². The Balaban J connectivity index is 2.08. The lowest BCUT2D eigenvalue weighted by Crippen LogP contribution is -2.55. The summed E-state index contributed by atoms with van der Waals surface area (Å²) < 4.78 is 4.72. The smallest absolute Gasteiger partial charge is 0.274 e. The Kier molecular flexibility index (Phi) is 3.15. The molecule has 0 bridgehead atoms. The Hall–Kier alpha value is -2.21. The Bertz CT molecular complexity index is 442. The highest BCUT2D eigenvalue weighted by atomic mass is 16.5. The van der Waals surface area contributed by atoms with Gasteiger partial charge in [0.15, 0.2) is 0 Å². The van der Waals surface area contributed by atoms with E-state index in [-0.39, 0.29) is 13.2 Å². The van der Waals surface area contributed by atoms with E-state index in [2.05, 4.69) is 5.43 Å². The number of rotatable bonds is 2. The fourth-order valence-electron chi connectivity index (χ4n) is 1.37. The van der Waals surface area contributed by atoms with Crippen molar-refractivity contribution in [2.45, 2.75) is 0 Å². The fraction of sp³-hybridized carbons (Fsp3) is 0.182. The van der Waals surface area contributed by atoms with Gasteiger partial charge in [0.2, 0.25) is 0 Å². The van der Waals surface area contributed by atoms with Crippen molar-refractivity contribution in [1.29, 1.82) is 0 Å². The number of benzene rings is 1. The first-order valence-electron chi connectivity index (χ1n) is 4.98. The molecule has 1 aliphatic heterocycles. The van der Waals surface area contributed by atoms with Gasteiger partial charge in [-0.3, -0.25) is 19.8 Å². The van der Waals surface area contributed by atoms with Crippen molar-refractivity contribution in [2.75, 3.05) is 13.2 Å². The predicted molar refractivity (Wildman–Crippen MR) is 56.6 cm³/mol. The lowest BCUT2D eigenvalue weighted by molar-refractivity contribution is -0.161. The monoisotopic (exact) mass is 234 g/mol. The zero-order valence-corrected chi connectivity index (χ0v) is 8.88. The lowest BCUT2D eigenvalue weighted by atomic mass is 10.2. The third kappa shape index (κ3) is 2.48. The second-order valence-electron chi connectivity index (χ2n) is 3.42. The third-order valence-electron chi connectivity index (χ3n) is 2.20. The Labute approximate surface area is 97.1 Å². The Morgan fingerprint density at radius 3 is 2.29 bits per heavy atom. The molecule has 0 radical (unpaired) electrons. The summed E-state index contributed by atoms with van der Waals surface area (Å²) in [5.74, 6) is -1.66. The van der Waals surface area contributed by atoms with Gasteiger partial charge in [-0.05, 0) is 12.1 Å². The number of hydrogen-bond donors (Lipinski definition) is 1. The molecule has 88 valence electrons. The number of nitrogens with one attached hydrogen (secondary N) is 1. The first kappa shape index (κ1) is 11.3. The first-order valence-corrected chi connectivity index (χ1v) is 4.98. The number of morpholine rings is 1. The summed E-state index contributed by atoms with van der Waals surface area (Å²) in [5.41, 5.74) is 2.62. The average molecular weight is 234 g/mol. The molecule has 6 heteroatoms. The molecule has 1 N–H and O–H groups in total. The maximum atomic E-state index is 11.7. The summed E-state index contributed by atoms with van der Waals surface area (Å²) in [6.07, 6.45) is 0. The van der Waals surface area contributed by atoms with Gasteiger partial charge in [0.25, 0.3) is 17.7 Å². The van der Waals surface area contributed by atoms with Gasteiger partial charge >= 0.3 is 0 Å². The van der Waals surface area contributed by atoms with Crippen LogP contribution in [0.25, 0.3) is 0 Å². The molecule has 1 saturated heterocycles. The molecular formula is C11H10N2O4. The van der Waals surface area contributed by atoms with Crippen molar-refractivity contribution in [1.82, 2.24) is 10.4 Å². The summed E-state index contributed by atoms with van der Waals surface area (Å²) >= 11 is 0. The number of carbonyl (C=O) groups excluding carboxylic acids is 3. The van der Waals surface area contributed by atoms with Crippen molar-refractivity contribution >= 4 is 17.7 Å². The molecule has 6 nitrogen and oxygen atoms in total. The highest BCUT2D eigenvalue weighted by molar-refractivity contribution is 6.02. The Morgan fingerprint density at radius 1 is 1.12 bits per heavy atom. The van der Waals surface area contributed by atoms with Crippen LogP contribution in [0.4, 0.5) is 0 Å². The van der Waals surface area contributed by atoms with Crippen molar-refractivity contribution < 1.29 is 19.1 Å². The van der Waals surface area contributed by atoms with Crippen LogP contribution in [-0.4, -0.2) is 35.9 Å². The molecule has 0 spiro atoms. The van der Waals surface area contributed by atoms with E-state index in [0.717, 1.165) is 0 Å². The predicted octanol–water partition coefficient (Wildman–Crippen LogP) is -0.283. The van der Waals surface area contributed by atoms with Crippen LogP contribution in [0, 0.1) is 0 Å². The van der Waals surface area contributed by atoms with Crippen LogP contribution >= 0.6 is 0 Å². The standard InChI is InChI=1S/C11H10N2O4/c14-9-6-17-7-10(15)13(9)12-11(16)8-4-2-1-3-5-8/h1-5H,6-7H2,(H,12,16). The molecule has 1 aromatic rings. The van der Waals surface area contributed by atoms with Gasteiger partial charge in [0, 0.05) is 5.56 Å². The largest absolute Gasteiger partial charge is 0.362 e. The summed E-state index contributed by atoms with van der Waals surface area (Å²) in [5, 5.41) is 0.693. The normalized spacial score (nSPS) is 15.9. The zero-order chi connectivity index (χ0) is 12.3. The van der Waals surface area contributed by atoms with Crippen LogP contribution in [-0.2, 0) is 14.3 Å². The molecule has 17 heavy (non-hydrogen) atoms. The molecule has 0 unspecified atom stereocenters. The number of amides is 3. The molecule has 0 aliphatic carbocycles. The first-order chi connectivity index (χ1) is 8.18. The van der Waals surface area contributed by atoms with Gasteiger partial charge in [0.1, 0.15) is 13.2 Å². The molecule has 1 aliphatic rings. The molecule has 1 fully saturated rings. The summed E-state index contributed by atoms with van der Waals surface area (Å²) in [7, 11) is 0. The number of carbonyl (C=O) groups is 3. The second-order valence-corrected chi connectivity index (χ2v) is 3.42. The topological polar surface area (TPSA) is 75.7 Å². The van der Waals surface area contributed by atoms with Crippen molar-refractivity contribution in [3.8, 4) is 0 Å². The van der Waals surface area contributed by atoms with Gasteiger partial charge in [-0.1, -0.05) is 18.2 Å². The number of hydrogen-bond acceptors (Lipinski definition) is 4. The maximum Gasteiger partial charge on any atom is 0.274 e. The van der Waals surface area contributed by atoms with E-state index in [1.807, 2.05) is 0 Å². The minimum Gasteiger partial charge on any atom is -0.362 e.